The Balaban J connectivity index is 2.27. The van der Waals surface area contributed by atoms with Crippen molar-refractivity contribution in [3.63, 3.8) is 0 Å². The minimum atomic E-state index is -0.340. The van der Waals surface area contributed by atoms with Crippen LogP contribution in [0.2, 0.25) is 0 Å². The molecule has 0 unspecified atom stereocenters. The fourth-order valence-corrected chi connectivity index (χ4v) is 3.11. The van der Waals surface area contributed by atoms with Gasteiger partial charge in [-0.3, -0.25) is 4.79 Å². The van der Waals surface area contributed by atoms with Gasteiger partial charge >= 0.3 is 0 Å². The van der Waals surface area contributed by atoms with Crippen LogP contribution in [0.3, 0.4) is 0 Å². The summed E-state index contributed by atoms with van der Waals surface area (Å²) in [6, 6.07) is 0.0115. The molecule has 0 aromatic heterocycles. The van der Waals surface area contributed by atoms with E-state index in [2.05, 4.69) is 25.4 Å². The fourth-order valence-electron chi connectivity index (χ4n) is 2.37. The van der Waals surface area contributed by atoms with E-state index in [0.29, 0.717) is 12.0 Å². The van der Waals surface area contributed by atoms with Crippen molar-refractivity contribution >= 4 is 17.7 Å². The highest BCUT2D eigenvalue weighted by molar-refractivity contribution is 7.99. The first-order valence-electron chi connectivity index (χ1n) is 6.61. The third-order valence-corrected chi connectivity index (χ3v) is 4.55. The zero-order valence-electron chi connectivity index (χ0n) is 11.2. The molecule has 0 saturated heterocycles. The zero-order chi connectivity index (χ0) is 12.8. The van der Waals surface area contributed by atoms with Gasteiger partial charge in [-0.15, -0.1) is 0 Å². The van der Waals surface area contributed by atoms with Crippen LogP contribution in [0.25, 0.3) is 0 Å². The van der Waals surface area contributed by atoms with Crippen LogP contribution in [0, 0.1) is 5.92 Å². The van der Waals surface area contributed by atoms with E-state index in [1.165, 1.54) is 12.8 Å². The molecule has 1 saturated carbocycles. The third-order valence-electron chi connectivity index (χ3n) is 3.42. The van der Waals surface area contributed by atoms with E-state index in [9.17, 15) is 4.79 Å². The topological polar surface area (TPSA) is 55.1 Å². The van der Waals surface area contributed by atoms with E-state index in [1.54, 1.807) is 0 Å². The van der Waals surface area contributed by atoms with E-state index in [4.69, 9.17) is 5.73 Å². The number of hydrogen-bond donors (Lipinski definition) is 2. The lowest BCUT2D eigenvalue weighted by atomic mass is 9.94. The summed E-state index contributed by atoms with van der Waals surface area (Å²) in [5.41, 5.74) is 5.87. The molecule has 4 heteroatoms. The Morgan fingerprint density at radius 1 is 1.35 bits per heavy atom. The second kappa shape index (κ2) is 7.27. The van der Waals surface area contributed by atoms with Crippen LogP contribution in [0.1, 0.15) is 46.0 Å². The van der Waals surface area contributed by atoms with Crippen molar-refractivity contribution in [3.05, 3.63) is 0 Å². The van der Waals surface area contributed by atoms with Gasteiger partial charge in [0.2, 0.25) is 5.91 Å². The molecule has 3 nitrogen and oxygen atoms in total. The Kier molecular flexibility index (Phi) is 6.34. The highest BCUT2D eigenvalue weighted by Crippen LogP contribution is 2.26. The molecule has 1 amide bonds. The average Bonchev–Trinajstić information content (AvgIpc) is 2.29. The van der Waals surface area contributed by atoms with E-state index in [1.807, 2.05) is 11.8 Å². The smallest absolute Gasteiger partial charge is 0.237 e. The standard InChI is InChI=1S/C13H26N2OS/c1-9(2)8-12(14)13(16)15-10-4-6-11(17-3)7-5-10/h9-12H,4-8,14H2,1-3H3,(H,15,16)/t10?,11?,12-/m0/s1. The summed E-state index contributed by atoms with van der Waals surface area (Å²) in [4.78, 5) is 11.9. The van der Waals surface area contributed by atoms with Crippen LogP contribution in [0.4, 0.5) is 0 Å². The average molecular weight is 258 g/mol. The van der Waals surface area contributed by atoms with E-state index < -0.39 is 0 Å². The van der Waals surface area contributed by atoms with Gasteiger partial charge in [-0.1, -0.05) is 13.8 Å². The van der Waals surface area contributed by atoms with Gasteiger partial charge in [-0.25, -0.2) is 0 Å². The molecular weight excluding hydrogens is 232 g/mol. The molecule has 1 atom stereocenters. The maximum absolute atomic E-state index is 11.9. The summed E-state index contributed by atoms with van der Waals surface area (Å²) < 4.78 is 0. The summed E-state index contributed by atoms with van der Waals surface area (Å²) in [7, 11) is 0. The molecule has 17 heavy (non-hydrogen) atoms. The van der Waals surface area contributed by atoms with Gasteiger partial charge in [0.25, 0.3) is 0 Å². The van der Waals surface area contributed by atoms with Gasteiger partial charge in [0.05, 0.1) is 6.04 Å². The number of nitrogens with two attached hydrogens (primary N) is 1. The van der Waals surface area contributed by atoms with Crippen LogP contribution in [0.5, 0.6) is 0 Å². The van der Waals surface area contributed by atoms with Gasteiger partial charge in [0.1, 0.15) is 0 Å². The van der Waals surface area contributed by atoms with Gasteiger partial charge in [-0.05, 0) is 44.3 Å². The largest absolute Gasteiger partial charge is 0.352 e. The molecule has 0 heterocycles. The quantitative estimate of drug-likeness (QED) is 0.794. The Hall–Kier alpha value is -0.220. The third kappa shape index (κ3) is 5.30. The first-order chi connectivity index (χ1) is 8.02. The first kappa shape index (κ1) is 14.8. The number of thioether (sulfide) groups is 1. The molecule has 0 radical (unpaired) electrons. The Morgan fingerprint density at radius 2 is 1.94 bits per heavy atom. The lowest BCUT2D eigenvalue weighted by molar-refractivity contribution is -0.123. The highest BCUT2D eigenvalue weighted by Gasteiger charge is 2.23. The van der Waals surface area contributed by atoms with Crippen molar-refractivity contribution in [3.8, 4) is 0 Å². The predicted octanol–water partition coefficient (Wildman–Crippen LogP) is 2.15. The molecule has 3 N–H and O–H groups in total. The van der Waals surface area contributed by atoms with Gasteiger partial charge in [0.15, 0.2) is 0 Å². The number of amides is 1. The molecule has 0 aromatic carbocycles. The number of rotatable bonds is 5. The van der Waals surface area contributed by atoms with Crippen LogP contribution < -0.4 is 11.1 Å². The normalized spacial score (nSPS) is 26.9. The first-order valence-corrected chi connectivity index (χ1v) is 7.90. The fraction of sp³-hybridized carbons (Fsp3) is 0.923. The highest BCUT2D eigenvalue weighted by atomic mass is 32.2. The number of hydrogen-bond acceptors (Lipinski definition) is 3. The minimum Gasteiger partial charge on any atom is -0.352 e. The predicted molar refractivity (Wildman–Crippen MR) is 75.1 cm³/mol. The molecule has 100 valence electrons. The Labute approximate surface area is 109 Å². The molecule has 0 aromatic rings. The number of carbonyl (C=O) groups is 1. The van der Waals surface area contributed by atoms with Crippen LogP contribution in [-0.4, -0.2) is 29.5 Å². The Bertz CT molecular complexity index is 238. The lowest BCUT2D eigenvalue weighted by Crippen LogP contribution is -2.47. The molecule has 0 aliphatic heterocycles. The monoisotopic (exact) mass is 258 g/mol. The zero-order valence-corrected chi connectivity index (χ0v) is 12.1. The van der Waals surface area contributed by atoms with Crippen LogP contribution in [0.15, 0.2) is 0 Å². The van der Waals surface area contributed by atoms with Gasteiger partial charge < -0.3 is 11.1 Å². The van der Waals surface area contributed by atoms with E-state index in [0.717, 1.165) is 24.5 Å². The summed E-state index contributed by atoms with van der Waals surface area (Å²) >= 11 is 1.94. The molecule has 0 bridgehead atoms. The second-order valence-corrected chi connectivity index (χ2v) is 6.59. The molecule has 0 spiro atoms. The molecule has 1 aliphatic carbocycles. The lowest BCUT2D eigenvalue weighted by Gasteiger charge is -2.29. The van der Waals surface area contributed by atoms with Crippen molar-refractivity contribution in [1.82, 2.24) is 5.32 Å². The van der Waals surface area contributed by atoms with Gasteiger partial charge in [-0.2, -0.15) is 11.8 Å². The van der Waals surface area contributed by atoms with E-state index in [-0.39, 0.29) is 11.9 Å². The maximum atomic E-state index is 11.9. The van der Waals surface area contributed by atoms with Crippen LogP contribution >= 0.6 is 11.8 Å². The summed E-state index contributed by atoms with van der Waals surface area (Å²) in [6.07, 6.45) is 7.57. The summed E-state index contributed by atoms with van der Waals surface area (Å²) in [5.74, 6) is 0.509. The number of carbonyl (C=O) groups excluding carboxylic acids is 1. The molecule has 1 rings (SSSR count). The maximum Gasteiger partial charge on any atom is 0.237 e. The van der Waals surface area contributed by atoms with Crippen LogP contribution in [-0.2, 0) is 4.79 Å². The van der Waals surface area contributed by atoms with Crippen molar-refractivity contribution in [2.24, 2.45) is 11.7 Å². The SMILES string of the molecule is CSC1CCC(NC(=O)[C@@H](N)CC(C)C)CC1. The summed E-state index contributed by atoms with van der Waals surface area (Å²) in [6.45, 7) is 4.19. The molecule has 1 fully saturated rings. The van der Waals surface area contributed by atoms with E-state index >= 15 is 0 Å². The molecular formula is C13H26N2OS. The van der Waals surface area contributed by atoms with Crippen molar-refractivity contribution in [1.29, 1.82) is 0 Å². The number of nitrogens with one attached hydrogen (secondary N) is 1. The summed E-state index contributed by atoms with van der Waals surface area (Å²) in [5, 5.41) is 3.88. The minimum absolute atomic E-state index is 0.0336. The second-order valence-electron chi connectivity index (χ2n) is 5.45. The molecule has 1 aliphatic rings. The van der Waals surface area contributed by atoms with Crippen molar-refractivity contribution in [2.45, 2.75) is 63.3 Å². The van der Waals surface area contributed by atoms with Crippen molar-refractivity contribution in [2.75, 3.05) is 6.26 Å². The Morgan fingerprint density at radius 3 is 2.41 bits per heavy atom. The van der Waals surface area contributed by atoms with Gasteiger partial charge in [0, 0.05) is 11.3 Å². The van der Waals surface area contributed by atoms with Crippen molar-refractivity contribution < 1.29 is 4.79 Å².